The van der Waals surface area contributed by atoms with E-state index in [1.807, 2.05) is 45.5 Å². The van der Waals surface area contributed by atoms with Gasteiger partial charge in [0.15, 0.2) is 6.10 Å². The Morgan fingerprint density at radius 2 is 1.79 bits per heavy atom. The number of carbonyl (C=O) groups is 1. The van der Waals surface area contributed by atoms with Crippen LogP contribution in [0.4, 0.5) is 0 Å². The number of aryl methyl sites for hydroxylation is 3. The summed E-state index contributed by atoms with van der Waals surface area (Å²) >= 11 is 1.59. The minimum absolute atomic E-state index is 0.0124. The van der Waals surface area contributed by atoms with Crippen LogP contribution in [0.15, 0.2) is 60.7 Å². The molecule has 2 aromatic heterocycles. The number of thiazole rings is 1. The molecule has 2 aliphatic rings. The van der Waals surface area contributed by atoms with Gasteiger partial charge in [0.1, 0.15) is 16.5 Å². The van der Waals surface area contributed by atoms with E-state index < -0.39 is 17.7 Å². The molecule has 2 aliphatic heterocycles. The van der Waals surface area contributed by atoms with Crippen LogP contribution in [0.2, 0.25) is 0 Å². The summed E-state index contributed by atoms with van der Waals surface area (Å²) in [5, 5.41) is 17.4. The van der Waals surface area contributed by atoms with E-state index in [0.29, 0.717) is 18.1 Å². The molecular formula is C44H47N3O5S. The van der Waals surface area contributed by atoms with Crippen LogP contribution in [0.5, 0.6) is 11.5 Å². The van der Waals surface area contributed by atoms with Crippen molar-refractivity contribution in [3.8, 4) is 44.3 Å². The van der Waals surface area contributed by atoms with Crippen LogP contribution >= 0.6 is 11.3 Å². The molecule has 8 nitrogen and oxygen atoms in total. The zero-order chi connectivity index (χ0) is 37.2. The highest BCUT2D eigenvalue weighted by molar-refractivity contribution is 7.22. The molecule has 0 aliphatic carbocycles. The van der Waals surface area contributed by atoms with Crippen molar-refractivity contribution in [2.75, 3.05) is 6.61 Å². The van der Waals surface area contributed by atoms with Gasteiger partial charge in [0, 0.05) is 29.3 Å². The third-order valence-corrected chi connectivity index (χ3v) is 11.8. The van der Waals surface area contributed by atoms with Crippen molar-refractivity contribution in [3.63, 3.8) is 0 Å². The van der Waals surface area contributed by atoms with E-state index in [-0.39, 0.29) is 6.10 Å². The molecule has 0 fully saturated rings. The van der Waals surface area contributed by atoms with Gasteiger partial charge in [0.05, 0.1) is 45.1 Å². The van der Waals surface area contributed by atoms with Gasteiger partial charge < -0.3 is 19.3 Å². The summed E-state index contributed by atoms with van der Waals surface area (Å²) in [5.41, 5.74) is 9.67. The fourth-order valence-corrected chi connectivity index (χ4v) is 9.36. The van der Waals surface area contributed by atoms with Gasteiger partial charge >= 0.3 is 5.97 Å². The molecule has 0 spiro atoms. The van der Waals surface area contributed by atoms with Gasteiger partial charge in [0.25, 0.3) is 0 Å². The summed E-state index contributed by atoms with van der Waals surface area (Å²) in [6.45, 7) is 12.6. The number of aromatic nitrogens is 3. The lowest BCUT2D eigenvalue weighted by molar-refractivity contribution is -0.160. The molecule has 4 heterocycles. The molecule has 0 amide bonds. The molecule has 0 saturated carbocycles. The Balaban J connectivity index is 1.38. The second-order valence-electron chi connectivity index (χ2n) is 15.7. The number of carboxylic acid groups (broad SMARTS) is 1. The lowest BCUT2D eigenvalue weighted by Crippen LogP contribution is -2.28. The Labute approximate surface area is 314 Å². The summed E-state index contributed by atoms with van der Waals surface area (Å²) in [6.07, 6.45) is 3.85. The number of ether oxygens (including phenoxy) is 3. The first-order valence-electron chi connectivity index (χ1n) is 18.7. The van der Waals surface area contributed by atoms with Gasteiger partial charge in [-0.15, -0.1) is 11.3 Å². The summed E-state index contributed by atoms with van der Waals surface area (Å²) in [6, 6.07) is 21.2. The molecule has 53 heavy (non-hydrogen) atoms. The fourth-order valence-electron chi connectivity index (χ4n) is 8.24. The molecule has 0 saturated heterocycles. The van der Waals surface area contributed by atoms with E-state index in [0.717, 1.165) is 109 Å². The maximum Gasteiger partial charge on any atom is 0.337 e. The summed E-state index contributed by atoms with van der Waals surface area (Å²) in [5.74, 6) is 1.09. The largest absolute Gasteiger partial charge is 0.493 e. The minimum Gasteiger partial charge on any atom is -0.493 e. The maximum absolute atomic E-state index is 13.1. The first kappa shape index (κ1) is 35.3. The molecule has 6 bridgehead atoms. The van der Waals surface area contributed by atoms with Crippen molar-refractivity contribution in [2.45, 2.75) is 97.4 Å². The van der Waals surface area contributed by atoms with Gasteiger partial charge in [-0.25, -0.2) is 9.78 Å². The van der Waals surface area contributed by atoms with Crippen molar-refractivity contribution in [3.05, 3.63) is 83.0 Å². The summed E-state index contributed by atoms with van der Waals surface area (Å²) < 4.78 is 22.3. The number of benzene rings is 4. The first-order valence-corrected chi connectivity index (χ1v) is 19.5. The Morgan fingerprint density at radius 1 is 1.00 bits per heavy atom. The predicted octanol–water partition coefficient (Wildman–Crippen LogP) is 10.9. The van der Waals surface area contributed by atoms with Gasteiger partial charge in [-0.2, -0.15) is 5.10 Å². The molecule has 274 valence electrons. The molecule has 6 aromatic rings. The lowest BCUT2D eigenvalue weighted by atomic mass is 9.85. The van der Waals surface area contributed by atoms with E-state index >= 15 is 0 Å². The van der Waals surface area contributed by atoms with Crippen LogP contribution in [0.25, 0.3) is 53.9 Å². The van der Waals surface area contributed by atoms with E-state index in [9.17, 15) is 9.90 Å². The maximum atomic E-state index is 13.1. The van der Waals surface area contributed by atoms with Crippen molar-refractivity contribution < 1.29 is 24.1 Å². The highest BCUT2D eigenvalue weighted by atomic mass is 32.1. The lowest BCUT2D eigenvalue weighted by Gasteiger charge is -2.29. The second kappa shape index (κ2) is 13.6. The molecule has 3 atom stereocenters. The quantitative estimate of drug-likeness (QED) is 0.194. The highest BCUT2D eigenvalue weighted by Crippen LogP contribution is 2.48. The van der Waals surface area contributed by atoms with E-state index in [1.54, 1.807) is 11.3 Å². The smallest absolute Gasteiger partial charge is 0.337 e. The molecule has 9 heteroatoms. The van der Waals surface area contributed by atoms with Gasteiger partial charge in [-0.1, -0.05) is 30.7 Å². The zero-order valence-corrected chi connectivity index (χ0v) is 32.4. The SMILES string of the molecule is Cc1cc2nc3sc2c(c1[C@H](OC(C)(C)C)C(=O)O)-c1ccc2c(c1)C(CCCC[C@H](C)Oc1c(ccc4c1c(C)nn4C)-c1cccc-3c1)CCO2. The minimum atomic E-state index is -1.17. The third kappa shape index (κ3) is 6.59. The number of fused-ring (bicyclic) bond motifs is 10. The van der Waals surface area contributed by atoms with Gasteiger partial charge in [-0.3, -0.25) is 4.68 Å². The number of aliphatic carboxylic acids is 1. The molecule has 4 aromatic carbocycles. The molecule has 1 unspecified atom stereocenters. The van der Waals surface area contributed by atoms with Crippen LogP contribution in [-0.4, -0.2) is 44.2 Å². The topological polar surface area (TPSA) is 95.7 Å². The Morgan fingerprint density at radius 3 is 2.58 bits per heavy atom. The Bertz CT molecular complexity index is 2380. The van der Waals surface area contributed by atoms with E-state index in [4.69, 9.17) is 24.3 Å². The average molecular weight is 730 g/mol. The van der Waals surface area contributed by atoms with Crippen LogP contribution < -0.4 is 9.47 Å². The second-order valence-corrected chi connectivity index (χ2v) is 16.7. The van der Waals surface area contributed by atoms with Crippen LogP contribution in [0, 0.1) is 13.8 Å². The summed E-state index contributed by atoms with van der Waals surface area (Å²) in [4.78, 5) is 18.3. The third-order valence-electron chi connectivity index (χ3n) is 10.6. The van der Waals surface area contributed by atoms with Crippen molar-refractivity contribution in [1.29, 1.82) is 0 Å². The number of hydrogen-bond acceptors (Lipinski definition) is 7. The zero-order valence-electron chi connectivity index (χ0n) is 31.6. The Hall–Kier alpha value is -4.73. The van der Waals surface area contributed by atoms with Gasteiger partial charge in [-0.05, 0) is 132 Å². The van der Waals surface area contributed by atoms with Crippen molar-refractivity contribution in [1.82, 2.24) is 14.8 Å². The monoisotopic (exact) mass is 729 g/mol. The number of carboxylic acids is 1. The predicted molar refractivity (Wildman–Crippen MR) is 212 cm³/mol. The molecule has 1 N–H and O–H groups in total. The summed E-state index contributed by atoms with van der Waals surface area (Å²) in [7, 11) is 1.98. The van der Waals surface area contributed by atoms with E-state index in [1.165, 1.54) is 5.56 Å². The van der Waals surface area contributed by atoms with Crippen LogP contribution in [-0.2, 0) is 16.6 Å². The molecule has 0 radical (unpaired) electrons. The molecular weight excluding hydrogens is 683 g/mol. The van der Waals surface area contributed by atoms with Crippen LogP contribution in [0.3, 0.4) is 0 Å². The van der Waals surface area contributed by atoms with Crippen molar-refractivity contribution in [2.24, 2.45) is 7.05 Å². The standard InChI is InChI=1S/C44H47N3O5S/c1-24-21-33-41-38(36(24)40(43(48)49)52-44(4,5)6)29-15-18-35-32(23-29)27(19-20-50-35)12-9-8-11-25(2)51-39-31(16-17-34-37(39)26(3)46-47(34)7)28-13-10-14-30(22-28)42(45-33)53-41/h10,13-18,21-23,25,27,40H,8-9,11-12,19-20H2,1-7H3,(H,48,49)/t25-,27?,40-/m0/s1. The Kier molecular flexibility index (Phi) is 9.06. The number of hydrogen-bond donors (Lipinski definition) is 1. The normalized spacial score (nSPS) is 18.1. The molecule has 8 rings (SSSR count). The number of rotatable bonds is 3. The fraction of sp³-hybridized carbons (Fsp3) is 0.386. The van der Waals surface area contributed by atoms with Gasteiger partial charge in [0.2, 0.25) is 0 Å². The van der Waals surface area contributed by atoms with E-state index in [2.05, 4.69) is 68.4 Å². The highest BCUT2D eigenvalue weighted by Gasteiger charge is 2.33. The number of nitrogens with zero attached hydrogens (tertiary/aromatic N) is 3. The van der Waals surface area contributed by atoms with Crippen molar-refractivity contribution >= 4 is 38.4 Å². The average Bonchev–Trinajstić information content (AvgIpc) is 3.67. The van der Waals surface area contributed by atoms with Crippen LogP contribution in [0.1, 0.15) is 94.2 Å². The first-order chi connectivity index (χ1) is 25.4.